The molecule has 0 fully saturated rings. The summed E-state index contributed by atoms with van der Waals surface area (Å²) in [5.74, 6) is -5.73. The first-order valence-electron chi connectivity index (χ1n) is 5.40. The summed E-state index contributed by atoms with van der Waals surface area (Å²) in [4.78, 5) is 11.9. The molecule has 0 atom stereocenters. The van der Waals surface area contributed by atoms with Crippen molar-refractivity contribution in [3.05, 3.63) is 62.3 Å². The molecule has 0 saturated carbocycles. The second-order valence-corrected chi connectivity index (χ2v) is 5.14. The first-order valence-corrected chi connectivity index (χ1v) is 6.54. The number of anilines is 1. The van der Waals surface area contributed by atoms with Gasteiger partial charge in [-0.2, -0.15) is 0 Å². The van der Waals surface area contributed by atoms with Gasteiger partial charge in [-0.15, -0.1) is 0 Å². The van der Waals surface area contributed by atoms with Gasteiger partial charge in [-0.05, 0) is 24.3 Å². The standard InChI is InChI=1S/C13H5Cl3F3NO/c14-6-3-8(16)10(4-7(6)15)20-13(21)5-1-2-9(17)12(19)11(5)18/h1-4H,(H,20,21). The van der Waals surface area contributed by atoms with Crippen LogP contribution in [0.2, 0.25) is 15.1 Å². The van der Waals surface area contributed by atoms with E-state index in [2.05, 4.69) is 5.32 Å². The number of halogens is 6. The second kappa shape index (κ2) is 6.13. The maximum Gasteiger partial charge on any atom is 0.258 e. The Bertz CT molecular complexity index is 737. The van der Waals surface area contributed by atoms with Gasteiger partial charge in [0.25, 0.3) is 5.91 Å². The molecule has 0 heterocycles. The van der Waals surface area contributed by atoms with Gasteiger partial charge in [0, 0.05) is 0 Å². The van der Waals surface area contributed by atoms with E-state index in [1.165, 1.54) is 12.1 Å². The fourth-order valence-corrected chi connectivity index (χ4v) is 2.10. The lowest BCUT2D eigenvalue weighted by atomic mass is 10.1. The highest BCUT2D eigenvalue weighted by Crippen LogP contribution is 2.32. The summed E-state index contributed by atoms with van der Waals surface area (Å²) < 4.78 is 39.4. The number of hydrogen-bond acceptors (Lipinski definition) is 1. The number of rotatable bonds is 2. The molecule has 0 aliphatic heterocycles. The Morgan fingerprint density at radius 1 is 0.905 bits per heavy atom. The van der Waals surface area contributed by atoms with Crippen LogP contribution in [0.3, 0.4) is 0 Å². The lowest BCUT2D eigenvalue weighted by Gasteiger charge is -2.09. The van der Waals surface area contributed by atoms with E-state index in [4.69, 9.17) is 34.8 Å². The van der Waals surface area contributed by atoms with Crippen molar-refractivity contribution in [3.63, 3.8) is 0 Å². The van der Waals surface area contributed by atoms with Crippen molar-refractivity contribution in [2.24, 2.45) is 0 Å². The third kappa shape index (κ3) is 3.26. The summed E-state index contributed by atoms with van der Waals surface area (Å²) in [6, 6.07) is 3.99. The maximum atomic E-state index is 13.5. The average molecular weight is 355 g/mol. The minimum atomic E-state index is -1.73. The van der Waals surface area contributed by atoms with Gasteiger partial charge in [0.05, 0.1) is 26.3 Å². The third-order valence-corrected chi connectivity index (χ3v) is 3.57. The third-order valence-electron chi connectivity index (χ3n) is 2.54. The Morgan fingerprint density at radius 2 is 1.52 bits per heavy atom. The van der Waals surface area contributed by atoms with E-state index >= 15 is 0 Å². The van der Waals surface area contributed by atoms with Crippen LogP contribution in [0.25, 0.3) is 0 Å². The molecule has 0 bridgehead atoms. The van der Waals surface area contributed by atoms with Gasteiger partial charge in [0.2, 0.25) is 0 Å². The minimum absolute atomic E-state index is 0.0557. The molecule has 2 nitrogen and oxygen atoms in total. The van der Waals surface area contributed by atoms with Crippen molar-refractivity contribution in [2.75, 3.05) is 5.32 Å². The van der Waals surface area contributed by atoms with E-state index in [9.17, 15) is 18.0 Å². The number of carbonyl (C=O) groups is 1. The smallest absolute Gasteiger partial charge is 0.258 e. The molecule has 21 heavy (non-hydrogen) atoms. The van der Waals surface area contributed by atoms with Gasteiger partial charge in [-0.3, -0.25) is 4.79 Å². The zero-order chi connectivity index (χ0) is 15.7. The van der Waals surface area contributed by atoms with Crippen molar-refractivity contribution < 1.29 is 18.0 Å². The van der Waals surface area contributed by atoms with Crippen LogP contribution >= 0.6 is 34.8 Å². The predicted molar refractivity (Wildman–Crippen MR) is 75.7 cm³/mol. The molecule has 0 aliphatic rings. The molecular weight excluding hydrogens is 350 g/mol. The van der Waals surface area contributed by atoms with Gasteiger partial charge in [0.1, 0.15) is 0 Å². The average Bonchev–Trinajstić information content (AvgIpc) is 2.42. The Balaban J connectivity index is 2.35. The van der Waals surface area contributed by atoms with Crippen LogP contribution in [0, 0.1) is 17.5 Å². The molecule has 0 saturated heterocycles. The number of hydrogen-bond donors (Lipinski definition) is 1. The van der Waals surface area contributed by atoms with Crippen LogP contribution in [0.4, 0.5) is 18.9 Å². The summed E-state index contributed by atoms with van der Waals surface area (Å²) in [5.41, 5.74) is -0.615. The van der Waals surface area contributed by atoms with Crippen LogP contribution in [-0.4, -0.2) is 5.91 Å². The molecule has 2 aromatic rings. The number of benzene rings is 2. The van der Waals surface area contributed by atoms with Crippen LogP contribution in [-0.2, 0) is 0 Å². The van der Waals surface area contributed by atoms with Crippen LogP contribution < -0.4 is 5.32 Å². The van der Waals surface area contributed by atoms with Gasteiger partial charge >= 0.3 is 0 Å². The zero-order valence-electron chi connectivity index (χ0n) is 9.99. The van der Waals surface area contributed by atoms with E-state index in [-0.39, 0.29) is 20.8 Å². The van der Waals surface area contributed by atoms with Crippen LogP contribution in [0.5, 0.6) is 0 Å². The number of amides is 1. The lowest BCUT2D eigenvalue weighted by Crippen LogP contribution is -2.15. The molecule has 0 unspecified atom stereocenters. The molecule has 2 rings (SSSR count). The summed E-state index contributed by atoms with van der Waals surface area (Å²) in [6.07, 6.45) is 0. The second-order valence-electron chi connectivity index (χ2n) is 3.92. The van der Waals surface area contributed by atoms with Crippen molar-refractivity contribution in [3.8, 4) is 0 Å². The number of carbonyl (C=O) groups excluding carboxylic acids is 1. The summed E-state index contributed by atoms with van der Waals surface area (Å²) in [5, 5.41) is 2.57. The fourth-order valence-electron chi connectivity index (χ4n) is 1.51. The SMILES string of the molecule is O=C(Nc1cc(Cl)c(Cl)cc1Cl)c1ccc(F)c(F)c1F. The molecule has 1 N–H and O–H groups in total. The number of nitrogens with one attached hydrogen (secondary N) is 1. The van der Waals surface area contributed by atoms with Crippen LogP contribution in [0.15, 0.2) is 24.3 Å². The molecule has 2 aromatic carbocycles. The van der Waals surface area contributed by atoms with Gasteiger partial charge < -0.3 is 5.32 Å². The Labute approximate surface area is 132 Å². The minimum Gasteiger partial charge on any atom is -0.320 e. The van der Waals surface area contributed by atoms with E-state index in [0.29, 0.717) is 6.07 Å². The maximum absolute atomic E-state index is 13.5. The van der Waals surface area contributed by atoms with E-state index < -0.39 is 28.9 Å². The highest BCUT2D eigenvalue weighted by molar-refractivity contribution is 6.44. The monoisotopic (exact) mass is 353 g/mol. The van der Waals surface area contributed by atoms with Gasteiger partial charge in [-0.1, -0.05) is 34.8 Å². The molecule has 8 heteroatoms. The first-order chi connectivity index (χ1) is 9.81. The lowest BCUT2D eigenvalue weighted by molar-refractivity contribution is 0.102. The van der Waals surface area contributed by atoms with Crippen molar-refractivity contribution in [1.82, 2.24) is 0 Å². The normalized spacial score (nSPS) is 10.6. The zero-order valence-corrected chi connectivity index (χ0v) is 12.3. The molecule has 1 amide bonds. The Hall–Kier alpha value is -1.43. The van der Waals surface area contributed by atoms with Crippen molar-refractivity contribution in [2.45, 2.75) is 0 Å². The Kier molecular flexibility index (Phi) is 4.66. The van der Waals surface area contributed by atoms with E-state index in [0.717, 1.165) is 6.07 Å². The van der Waals surface area contributed by atoms with Crippen molar-refractivity contribution in [1.29, 1.82) is 0 Å². The van der Waals surface area contributed by atoms with E-state index in [1.807, 2.05) is 0 Å². The quantitative estimate of drug-likeness (QED) is 0.574. The molecule has 0 aliphatic carbocycles. The predicted octanol–water partition coefficient (Wildman–Crippen LogP) is 5.32. The molecule has 110 valence electrons. The first kappa shape index (κ1) is 15.9. The summed E-state index contributed by atoms with van der Waals surface area (Å²) in [6.45, 7) is 0. The van der Waals surface area contributed by atoms with Crippen LogP contribution in [0.1, 0.15) is 10.4 Å². The van der Waals surface area contributed by atoms with E-state index in [1.54, 1.807) is 0 Å². The highest BCUT2D eigenvalue weighted by Gasteiger charge is 2.19. The molecular formula is C13H5Cl3F3NO. The molecule has 0 radical (unpaired) electrons. The molecule has 0 aromatic heterocycles. The topological polar surface area (TPSA) is 29.1 Å². The fraction of sp³-hybridized carbons (Fsp3) is 0. The van der Waals surface area contributed by atoms with Gasteiger partial charge in [0.15, 0.2) is 17.5 Å². The summed E-state index contributed by atoms with van der Waals surface area (Å²) in [7, 11) is 0. The van der Waals surface area contributed by atoms with Crippen molar-refractivity contribution >= 4 is 46.4 Å². The summed E-state index contributed by atoms with van der Waals surface area (Å²) >= 11 is 17.3. The largest absolute Gasteiger partial charge is 0.320 e. The Morgan fingerprint density at radius 3 is 2.19 bits per heavy atom. The van der Waals surface area contributed by atoms with Gasteiger partial charge in [-0.25, -0.2) is 13.2 Å². The molecule has 0 spiro atoms. The highest BCUT2D eigenvalue weighted by atomic mass is 35.5.